The highest BCUT2D eigenvalue weighted by molar-refractivity contribution is 7.79. The third-order valence-electron chi connectivity index (χ3n) is 6.80. The fraction of sp³-hybridized carbons (Fsp3) is 0.667. The zero-order valence-corrected chi connectivity index (χ0v) is 26.5. The van der Waals surface area contributed by atoms with Crippen molar-refractivity contribution >= 4 is 21.8 Å². The van der Waals surface area contributed by atoms with Gasteiger partial charge in [-0.05, 0) is 25.7 Å². The molecule has 2 aromatic heterocycles. The molecule has 9 heteroatoms. The van der Waals surface area contributed by atoms with E-state index in [0.717, 1.165) is 24.9 Å². The fourth-order valence-electron chi connectivity index (χ4n) is 4.17. The van der Waals surface area contributed by atoms with Crippen molar-refractivity contribution in [3.05, 3.63) is 49.1 Å². The van der Waals surface area contributed by atoms with Crippen LogP contribution < -0.4 is 18.9 Å². The Hall–Kier alpha value is -2.23. The molecule has 0 saturated heterocycles. The number of hydrogen-bond acceptors (Lipinski definition) is 6. The lowest BCUT2D eigenvalue weighted by molar-refractivity contribution is -0.703. The van der Waals surface area contributed by atoms with Gasteiger partial charge in [-0.25, -0.2) is 9.13 Å². The van der Waals surface area contributed by atoms with Crippen LogP contribution in [0.25, 0.3) is 0 Å². The summed E-state index contributed by atoms with van der Waals surface area (Å²) in [6.45, 7) is 11.5. The average Bonchev–Trinajstić information content (AvgIpc) is 2.88. The van der Waals surface area contributed by atoms with Crippen molar-refractivity contribution < 1.29 is 26.7 Å². The van der Waals surface area contributed by atoms with Gasteiger partial charge in [-0.1, -0.05) is 53.4 Å². The number of anilines is 2. The first-order valence-corrected chi connectivity index (χ1v) is 15.7. The first-order valence-electron chi connectivity index (χ1n) is 14.3. The molecule has 0 amide bonds. The fourth-order valence-corrected chi connectivity index (χ4v) is 4.17. The number of hydrogen-bond donors (Lipinski definition) is 0. The summed E-state index contributed by atoms with van der Waals surface area (Å²) in [7, 11) is 3.15. The Bertz CT molecular complexity index is 892. The van der Waals surface area contributed by atoms with Crippen LogP contribution in [0.15, 0.2) is 49.1 Å². The second-order valence-electron chi connectivity index (χ2n) is 10.5. The van der Waals surface area contributed by atoms with Gasteiger partial charge in [-0.15, -0.1) is 0 Å². The summed E-state index contributed by atoms with van der Waals surface area (Å²) in [5.74, 6) is 1.65. The van der Waals surface area contributed by atoms with E-state index in [9.17, 15) is 0 Å². The van der Waals surface area contributed by atoms with E-state index in [1.54, 1.807) is 0 Å². The summed E-state index contributed by atoms with van der Waals surface area (Å²) in [5.41, 5.74) is 2.53. The topological polar surface area (TPSA) is 94.5 Å². The monoisotopic (exact) mass is 566 g/mol. The number of unbranched alkanes of at least 4 members (excludes halogenated alkanes) is 2. The van der Waals surface area contributed by atoms with Crippen LogP contribution in [-0.2, 0) is 23.5 Å². The van der Waals surface area contributed by atoms with Crippen molar-refractivity contribution in [3.63, 3.8) is 0 Å². The van der Waals surface area contributed by atoms with E-state index in [1.807, 2.05) is 0 Å². The van der Waals surface area contributed by atoms with Gasteiger partial charge in [0.05, 0.1) is 0 Å². The molecule has 0 aliphatic carbocycles. The van der Waals surface area contributed by atoms with Crippen LogP contribution in [0.5, 0.6) is 0 Å². The molecular formula is C30H54N4O4S. The number of nitrogens with zero attached hydrogens (tertiary/aromatic N) is 4. The Morgan fingerprint density at radius 2 is 0.949 bits per heavy atom. The van der Waals surface area contributed by atoms with E-state index in [-0.39, 0.29) is 0 Å². The van der Waals surface area contributed by atoms with Gasteiger partial charge >= 0.3 is 0 Å². The molecule has 0 aromatic carbocycles. The predicted octanol–water partition coefficient (Wildman–Crippen LogP) is 5.18. The quantitative estimate of drug-likeness (QED) is 0.178. The van der Waals surface area contributed by atoms with Crippen LogP contribution in [0.2, 0.25) is 0 Å². The molecule has 0 fully saturated rings. The maximum absolute atomic E-state index is 8.52. The van der Waals surface area contributed by atoms with Gasteiger partial charge in [0.1, 0.15) is 0 Å². The Balaban J connectivity index is 0.000000632. The Labute approximate surface area is 239 Å². The first-order chi connectivity index (χ1) is 18.3. The Kier molecular flexibility index (Phi) is 19.5. The molecule has 0 saturated carbocycles. The van der Waals surface area contributed by atoms with Crippen LogP contribution in [-0.4, -0.2) is 45.7 Å². The highest BCUT2D eigenvalue weighted by Crippen LogP contribution is 2.14. The van der Waals surface area contributed by atoms with Crippen LogP contribution in [0, 0.1) is 11.8 Å². The highest BCUT2D eigenvalue weighted by Gasteiger charge is 2.13. The van der Waals surface area contributed by atoms with Gasteiger partial charge in [0.25, 0.3) is 0 Å². The molecule has 0 N–H and O–H groups in total. The van der Waals surface area contributed by atoms with Gasteiger partial charge < -0.3 is 18.9 Å². The van der Waals surface area contributed by atoms with Crippen LogP contribution in [0.3, 0.4) is 0 Å². The standard InChI is InChI=1S/2C15H27N2.H2O4S/c2*1-5-7-8-14(6-2)13-17-11-9-15(10-12-17)16(3)4;1-5(2,3)4/h2*9-12,14H,5-8,13H2,1-4H3;(H2,1,2,3,4)/q2*+1;/p-2. The molecule has 2 atom stereocenters. The SMILES string of the molecule is CCCCC(CC)C[n+]1ccc(N(C)C)cc1.CCCCC(CC)C[n+]1ccc(N(C)C)cc1.O=S(=O)([O-])[O-]. The minimum atomic E-state index is -5.17. The molecule has 8 nitrogen and oxygen atoms in total. The van der Waals surface area contributed by atoms with Gasteiger partial charge in [0.15, 0.2) is 37.9 Å². The largest absolute Gasteiger partial charge is 0.759 e. The number of pyridine rings is 2. The van der Waals surface area contributed by atoms with Gasteiger partial charge in [-0.2, -0.15) is 0 Å². The van der Waals surface area contributed by atoms with E-state index in [4.69, 9.17) is 17.5 Å². The van der Waals surface area contributed by atoms with Crippen molar-refractivity contribution in [2.24, 2.45) is 11.8 Å². The zero-order chi connectivity index (χ0) is 29.8. The maximum Gasteiger partial charge on any atom is 0.170 e. The predicted molar refractivity (Wildman–Crippen MR) is 159 cm³/mol. The third kappa shape index (κ3) is 19.5. The summed E-state index contributed by atoms with van der Waals surface area (Å²) in [6.07, 6.45) is 19.4. The Morgan fingerprint density at radius 1 is 0.667 bits per heavy atom. The maximum atomic E-state index is 8.52. The summed E-state index contributed by atoms with van der Waals surface area (Å²) in [4.78, 5) is 4.28. The van der Waals surface area contributed by atoms with Gasteiger partial charge in [-0.3, -0.25) is 8.42 Å². The molecule has 0 bridgehead atoms. The lowest BCUT2D eigenvalue weighted by Crippen LogP contribution is -2.36. The van der Waals surface area contributed by atoms with E-state index in [0.29, 0.717) is 0 Å². The molecule has 0 aliphatic rings. The molecule has 0 spiro atoms. The first kappa shape index (κ1) is 36.8. The molecule has 2 unspecified atom stereocenters. The molecule has 2 rings (SSSR count). The molecule has 0 radical (unpaired) electrons. The normalized spacial score (nSPS) is 12.4. The molecule has 224 valence electrons. The summed E-state index contributed by atoms with van der Waals surface area (Å²) < 4.78 is 38.7. The van der Waals surface area contributed by atoms with Gasteiger partial charge in [0, 0.05) is 86.1 Å². The molecule has 0 aliphatic heterocycles. The van der Waals surface area contributed by atoms with Crippen molar-refractivity contribution in [1.29, 1.82) is 0 Å². The van der Waals surface area contributed by atoms with Crippen LogP contribution in [0.1, 0.15) is 79.1 Å². The van der Waals surface area contributed by atoms with E-state index in [2.05, 4.69) is 124 Å². The summed E-state index contributed by atoms with van der Waals surface area (Å²) in [5, 5.41) is 0. The van der Waals surface area contributed by atoms with E-state index < -0.39 is 10.4 Å². The van der Waals surface area contributed by atoms with Crippen molar-refractivity contribution in [2.45, 2.75) is 92.2 Å². The van der Waals surface area contributed by atoms with Crippen molar-refractivity contribution in [2.75, 3.05) is 38.0 Å². The van der Waals surface area contributed by atoms with E-state index >= 15 is 0 Å². The highest BCUT2D eigenvalue weighted by atomic mass is 32.3. The van der Waals surface area contributed by atoms with Crippen molar-refractivity contribution in [1.82, 2.24) is 0 Å². The summed E-state index contributed by atoms with van der Waals surface area (Å²) >= 11 is 0. The smallest absolute Gasteiger partial charge is 0.170 e. The van der Waals surface area contributed by atoms with Crippen LogP contribution in [0.4, 0.5) is 11.4 Å². The Morgan fingerprint density at radius 3 is 1.15 bits per heavy atom. The second kappa shape index (κ2) is 20.6. The minimum absolute atomic E-state index is 0.824. The molecule has 2 aromatic rings. The molecule has 39 heavy (non-hydrogen) atoms. The number of rotatable bonds is 14. The molecular weight excluding hydrogens is 512 g/mol. The minimum Gasteiger partial charge on any atom is -0.759 e. The third-order valence-corrected chi connectivity index (χ3v) is 6.80. The van der Waals surface area contributed by atoms with Gasteiger partial charge in [0.2, 0.25) is 0 Å². The second-order valence-corrected chi connectivity index (χ2v) is 11.4. The lowest BCUT2D eigenvalue weighted by Gasteiger charge is -2.13. The zero-order valence-electron chi connectivity index (χ0n) is 25.7. The molecule has 2 heterocycles. The number of aromatic nitrogens is 2. The lowest BCUT2D eigenvalue weighted by atomic mass is 9.99. The van der Waals surface area contributed by atoms with E-state index in [1.165, 1.54) is 62.7 Å². The van der Waals surface area contributed by atoms with Crippen molar-refractivity contribution in [3.8, 4) is 0 Å². The average molecular weight is 567 g/mol. The van der Waals surface area contributed by atoms with Crippen LogP contribution >= 0.6 is 0 Å². The summed E-state index contributed by atoms with van der Waals surface area (Å²) in [6, 6.07) is 8.75.